The lowest BCUT2D eigenvalue weighted by molar-refractivity contribution is 0.554. The molecular formula is C11H15BrFNO2S. The number of hydrogen-bond acceptors (Lipinski definition) is 2. The zero-order valence-corrected chi connectivity index (χ0v) is 11.9. The van der Waals surface area contributed by atoms with Crippen LogP contribution in [0.5, 0.6) is 0 Å². The second-order valence-electron chi connectivity index (χ2n) is 3.75. The van der Waals surface area contributed by atoms with Gasteiger partial charge in [-0.3, -0.25) is 0 Å². The number of hydrogen-bond donors (Lipinski definition) is 1. The van der Waals surface area contributed by atoms with Crippen molar-refractivity contribution in [3.63, 3.8) is 0 Å². The van der Waals surface area contributed by atoms with Crippen LogP contribution in [-0.2, 0) is 10.0 Å². The van der Waals surface area contributed by atoms with Crippen molar-refractivity contribution in [1.29, 1.82) is 0 Å². The molecule has 1 aromatic rings. The van der Waals surface area contributed by atoms with Gasteiger partial charge < -0.3 is 0 Å². The third-order valence-corrected chi connectivity index (χ3v) is 4.15. The van der Waals surface area contributed by atoms with Gasteiger partial charge in [0.1, 0.15) is 10.7 Å². The van der Waals surface area contributed by atoms with E-state index in [0.717, 1.165) is 12.5 Å². The molecule has 0 spiro atoms. The first kappa shape index (κ1) is 14.6. The molecule has 1 rings (SSSR count). The van der Waals surface area contributed by atoms with E-state index in [-0.39, 0.29) is 4.90 Å². The summed E-state index contributed by atoms with van der Waals surface area (Å²) in [4.78, 5) is 0.0485. The van der Waals surface area contributed by atoms with Crippen molar-refractivity contribution >= 4 is 26.0 Å². The highest BCUT2D eigenvalue weighted by atomic mass is 79.9. The highest BCUT2D eigenvalue weighted by Crippen LogP contribution is 2.13. The van der Waals surface area contributed by atoms with Crippen LogP contribution in [0.3, 0.4) is 0 Å². The molecule has 0 saturated heterocycles. The molecule has 1 unspecified atom stereocenters. The molecule has 0 heterocycles. The van der Waals surface area contributed by atoms with Crippen molar-refractivity contribution in [2.45, 2.75) is 29.5 Å². The Hall–Kier alpha value is -0.460. The fourth-order valence-electron chi connectivity index (χ4n) is 1.33. The van der Waals surface area contributed by atoms with Gasteiger partial charge >= 0.3 is 0 Å². The third-order valence-electron chi connectivity index (χ3n) is 2.20. The minimum Gasteiger partial charge on any atom is -0.211 e. The van der Waals surface area contributed by atoms with Gasteiger partial charge in [-0.25, -0.2) is 17.5 Å². The molecule has 6 heteroatoms. The molecule has 3 nitrogen and oxygen atoms in total. The fraction of sp³-hybridized carbons (Fsp3) is 0.455. The van der Waals surface area contributed by atoms with Gasteiger partial charge in [-0.15, -0.1) is 0 Å². The first-order valence-electron chi connectivity index (χ1n) is 5.32. The Morgan fingerprint density at radius 1 is 1.41 bits per heavy atom. The molecule has 0 aliphatic rings. The van der Waals surface area contributed by atoms with Crippen LogP contribution in [0.15, 0.2) is 29.2 Å². The van der Waals surface area contributed by atoms with Crippen molar-refractivity contribution in [1.82, 2.24) is 4.72 Å². The molecule has 0 fully saturated rings. The fourth-order valence-corrected chi connectivity index (χ4v) is 2.81. The van der Waals surface area contributed by atoms with E-state index in [4.69, 9.17) is 0 Å². The van der Waals surface area contributed by atoms with Gasteiger partial charge in [0, 0.05) is 11.4 Å². The van der Waals surface area contributed by atoms with Gasteiger partial charge in [-0.1, -0.05) is 35.0 Å². The summed E-state index contributed by atoms with van der Waals surface area (Å²) in [5.41, 5.74) is 0. The predicted molar refractivity (Wildman–Crippen MR) is 69.2 cm³/mol. The maximum atomic E-state index is 13.3. The Labute approximate surface area is 110 Å². The quantitative estimate of drug-likeness (QED) is 0.646. The van der Waals surface area contributed by atoms with E-state index < -0.39 is 15.8 Å². The highest BCUT2D eigenvalue weighted by molar-refractivity contribution is 9.09. The van der Waals surface area contributed by atoms with Gasteiger partial charge in [-0.2, -0.15) is 0 Å². The molecule has 0 aliphatic heterocycles. The number of nitrogens with one attached hydrogen (secondary N) is 1. The van der Waals surface area contributed by atoms with Crippen molar-refractivity contribution < 1.29 is 12.8 Å². The molecule has 1 aromatic carbocycles. The molecule has 0 bridgehead atoms. The van der Waals surface area contributed by atoms with E-state index in [0.29, 0.717) is 17.8 Å². The van der Waals surface area contributed by atoms with Gasteiger partial charge in [0.05, 0.1) is 0 Å². The van der Waals surface area contributed by atoms with Gasteiger partial charge in [0.25, 0.3) is 0 Å². The molecule has 17 heavy (non-hydrogen) atoms. The maximum absolute atomic E-state index is 13.3. The maximum Gasteiger partial charge on any atom is 0.243 e. The molecule has 0 aliphatic carbocycles. The first-order valence-corrected chi connectivity index (χ1v) is 7.71. The summed E-state index contributed by atoms with van der Waals surface area (Å²) in [6, 6.07) is 5.35. The topological polar surface area (TPSA) is 46.2 Å². The molecule has 1 N–H and O–H groups in total. The van der Waals surface area contributed by atoms with E-state index in [1.54, 1.807) is 0 Å². The molecule has 0 amide bonds. The first-order chi connectivity index (χ1) is 7.93. The van der Waals surface area contributed by atoms with Crippen molar-refractivity contribution in [3.05, 3.63) is 30.1 Å². The highest BCUT2D eigenvalue weighted by Gasteiger charge is 2.17. The van der Waals surface area contributed by atoms with Crippen LogP contribution in [-0.4, -0.2) is 19.8 Å². The van der Waals surface area contributed by atoms with E-state index in [1.165, 1.54) is 18.2 Å². The predicted octanol–water partition coefficient (Wildman–Crippen LogP) is 2.67. The number of rotatable bonds is 6. The number of alkyl halides is 1. The molecule has 0 radical (unpaired) electrons. The van der Waals surface area contributed by atoms with Crippen LogP contribution in [0.2, 0.25) is 0 Å². The summed E-state index contributed by atoms with van der Waals surface area (Å²) in [5.74, 6) is -0.728. The van der Waals surface area contributed by atoms with Crippen LogP contribution in [0.4, 0.5) is 4.39 Å². The van der Waals surface area contributed by atoms with E-state index >= 15 is 0 Å². The normalized spacial score (nSPS) is 13.6. The lowest BCUT2D eigenvalue weighted by atomic mass is 10.2. The van der Waals surface area contributed by atoms with Crippen molar-refractivity contribution in [3.8, 4) is 0 Å². The Bertz CT molecular complexity index is 462. The second kappa shape index (κ2) is 6.47. The lowest BCUT2D eigenvalue weighted by Crippen LogP contribution is -2.25. The number of benzene rings is 1. The van der Waals surface area contributed by atoms with E-state index in [2.05, 4.69) is 20.7 Å². The average Bonchev–Trinajstić information content (AvgIpc) is 2.24. The molecule has 0 saturated carbocycles. The Balaban J connectivity index is 2.61. The van der Waals surface area contributed by atoms with Crippen LogP contribution in [0, 0.1) is 5.82 Å². The molecular weight excluding hydrogens is 309 g/mol. The zero-order valence-electron chi connectivity index (χ0n) is 9.49. The Kier molecular flexibility index (Phi) is 5.55. The van der Waals surface area contributed by atoms with Crippen molar-refractivity contribution in [2.24, 2.45) is 0 Å². The SMILES string of the molecule is CC(Br)CCCNS(=O)(=O)c1ccccc1F. The van der Waals surface area contributed by atoms with Gasteiger partial charge in [0.2, 0.25) is 10.0 Å². The lowest BCUT2D eigenvalue weighted by Gasteiger charge is -2.08. The van der Waals surface area contributed by atoms with Crippen LogP contribution >= 0.6 is 15.9 Å². The number of halogens is 2. The second-order valence-corrected chi connectivity index (χ2v) is 7.05. The average molecular weight is 324 g/mol. The summed E-state index contributed by atoms with van der Waals surface area (Å²) in [5, 5.41) is 0. The minimum absolute atomic E-state index is 0.299. The summed E-state index contributed by atoms with van der Waals surface area (Å²) < 4.78 is 39.1. The molecule has 0 aromatic heterocycles. The summed E-state index contributed by atoms with van der Waals surface area (Å²) >= 11 is 3.37. The smallest absolute Gasteiger partial charge is 0.211 e. The van der Waals surface area contributed by atoms with E-state index in [9.17, 15) is 12.8 Å². The summed E-state index contributed by atoms with van der Waals surface area (Å²) in [6.45, 7) is 2.30. The molecule has 1 atom stereocenters. The van der Waals surface area contributed by atoms with E-state index in [1.807, 2.05) is 6.92 Å². The minimum atomic E-state index is -3.73. The Morgan fingerprint density at radius 3 is 2.65 bits per heavy atom. The van der Waals surface area contributed by atoms with Gasteiger partial charge in [0.15, 0.2) is 0 Å². The number of sulfonamides is 1. The largest absolute Gasteiger partial charge is 0.243 e. The summed E-state index contributed by atoms with van der Waals surface area (Å²) in [7, 11) is -3.73. The summed E-state index contributed by atoms with van der Waals surface area (Å²) in [6.07, 6.45) is 1.57. The third kappa shape index (κ3) is 4.73. The van der Waals surface area contributed by atoms with Crippen LogP contribution in [0.25, 0.3) is 0 Å². The standard InChI is InChI=1S/C11H15BrFNO2S/c1-9(12)5-4-8-14-17(15,16)11-7-3-2-6-10(11)13/h2-3,6-7,9,14H,4-5,8H2,1H3. The zero-order chi connectivity index (χ0) is 12.9. The van der Waals surface area contributed by atoms with Crippen LogP contribution in [0.1, 0.15) is 19.8 Å². The van der Waals surface area contributed by atoms with Crippen LogP contribution < -0.4 is 4.72 Å². The van der Waals surface area contributed by atoms with Gasteiger partial charge in [-0.05, 0) is 25.0 Å². The monoisotopic (exact) mass is 323 g/mol. The Morgan fingerprint density at radius 2 is 2.06 bits per heavy atom. The molecule has 96 valence electrons. The van der Waals surface area contributed by atoms with Crippen molar-refractivity contribution in [2.75, 3.05) is 6.54 Å².